The summed E-state index contributed by atoms with van der Waals surface area (Å²) in [7, 11) is 0. The Morgan fingerprint density at radius 3 is 2.85 bits per heavy atom. The molecular formula is C16H24BrFN2. The molecule has 1 aromatic carbocycles. The number of benzene rings is 1. The van der Waals surface area contributed by atoms with Crippen molar-refractivity contribution in [1.29, 1.82) is 0 Å². The van der Waals surface area contributed by atoms with Gasteiger partial charge in [-0.25, -0.2) is 4.39 Å². The smallest absolute Gasteiger partial charge is 0.137 e. The Morgan fingerprint density at radius 2 is 2.20 bits per heavy atom. The van der Waals surface area contributed by atoms with Gasteiger partial charge in [-0.05, 0) is 46.5 Å². The number of hydrogen-bond acceptors (Lipinski definition) is 2. The normalized spacial score (nSPS) is 24.0. The molecule has 1 aromatic rings. The Bertz CT molecular complexity index is 438. The number of nitrogens with one attached hydrogen (secondary N) is 1. The molecule has 4 heteroatoms. The fourth-order valence-electron chi connectivity index (χ4n) is 2.94. The first-order valence-corrected chi connectivity index (χ1v) is 8.34. The summed E-state index contributed by atoms with van der Waals surface area (Å²) in [6.45, 7) is 7.51. The van der Waals surface area contributed by atoms with Crippen LogP contribution in [0.2, 0.25) is 0 Å². The van der Waals surface area contributed by atoms with E-state index in [4.69, 9.17) is 0 Å². The van der Waals surface area contributed by atoms with Gasteiger partial charge in [0.2, 0.25) is 0 Å². The molecule has 0 amide bonds. The van der Waals surface area contributed by atoms with Gasteiger partial charge in [-0.15, -0.1) is 0 Å². The van der Waals surface area contributed by atoms with Crippen molar-refractivity contribution in [2.24, 2.45) is 0 Å². The average molecular weight is 343 g/mol. The molecule has 0 bridgehead atoms. The Balaban J connectivity index is 2.04. The summed E-state index contributed by atoms with van der Waals surface area (Å²) >= 11 is 3.27. The van der Waals surface area contributed by atoms with Gasteiger partial charge < -0.3 is 5.32 Å². The Labute approximate surface area is 129 Å². The Morgan fingerprint density at radius 1 is 1.40 bits per heavy atom. The number of piperazine rings is 1. The molecule has 2 unspecified atom stereocenters. The molecule has 2 rings (SSSR count). The molecule has 1 aliphatic rings. The zero-order valence-corrected chi connectivity index (χ0v) is 13.9. The summed E-state index contributed by atoms with van der Waals surface area (Å²) in [5, 5.41) is 3.65. The van der Waals surface area contributed by atoms with Crippen LogP contribution in [0.4, 0.5) is 4.39 Å². The van der Waals surface area contributed by atoms with Gasteiger partial charge in [-0.2, -0.15) is 0 Å². The molecule has 1 aliphatic heterocycles. The first-order chi connectivity index (χ1) is 9.63. The summed E-state index contributed by atoms with van der Waals surface area (Å²) in [5.41, 5.74) is 1.17. The molecule has 1 heterocycles. The lowest BCUT2D eigenvalue weighted by Crippen LogP contribution is -2.55. The minimum Gasteiger partial charge on any atom is -0.311 e. The van der Waals surface area contributed by atoms with Crippen molar-refractivity contribution in [3.8, 4) is 0 Å². The molecule has 1 fully saturated rings. The molecular weight excluding hydrogens is 319 g/mol. The zero-order chi connectivity index (χ0) is 14.5. The molecule has 1 saturated heterocycles. The predicted octanol–water partition coefficient (Wildman–Crippen LogP) is 3.94. The monoisotopic (exact) mass is 342 g/mol. The molecule has 2 atom stereocenters. The predicted molar refractivity (Wildman–Crippen MR) is 85.3 cm³/mol. The summed E-state index contributed by atoms with van der Waals surface area (Å²) < 4.78 is 13.9. The molecule has 0 aliphatic carbocycles. The number of hydrogen-bond donors (Lipinski definition) is 1. The van der Waals surface area contributed by atoms with Crippen LogP contribution in [-0.2, 0) is 6.54 Å². The topological polar surface area (TPSA) is 15.3 Å². The van der Waals surface area contributed by atoms with E-state index in [0.29, 0.717) is 16.6 Å². The van der Waals surface area contributed by atoms with Crippen LogP contribution < -0.4 is 5.32 Å². The fraction of sp³-hybridized carbons (Fsp3) is 0.625. The van der Waals surface area contributed by atoms with Gasteiger partial charge in [-0.1, -0.05) is 26.3 Å². The molecule has 0 radical (unpaired) electrons. The molecule has 112 valence electrons. The maximum atomic E-state index is 13.3. The summed E-state index contributed by atoms with van der Waals surface area (Å²) in [4.78, 5) is 2.54. The van der Waals surface area contributed by atoms with Crippen LogP contribution >= 0.6 is 15.9 Å². The second-order valence-corrected chi connectivity index (χ2v) is 6.49. The van der Waals surface area contributed by atoms with Gasteiger partial charge in [0.25, 0.3) is 0 Å². The van der Waals surface area contributed by atoms with Crippen molar-refractivity contribution in [1.82, 2.24) is 10.2 Å². The molecule has 20 heavy (non-hydrogen) atoms. The molecule has 1 N–H and O–H groups in total. The van der Waals surface area contributed by atoms with E-state index in [1.54, 1.807) is 6.07 Å². The van der Waals surface area contributed by atoms with Gasteiger partial charge in [0.15, 0.2) is 0 Å². The van der Waals surface area contributed by atoms with Gasteiger partial charge in [-0.3, -0.25) is 4.90 Å². The standard InChI is InChI=1S/C16H24BrFN2/c1-3-5-13-11-20(14(4-2)9-19-13)10-12-6-7-16(18)15(17)8-12/h6-8,13-14,19H,3-5,9-11H2,1-2H3. The van der Waals surface area contributed by atoms with E-state index in [0.717, 1.165) is 26.1 Å². The van der Waals surface area contributed by atoms with E-state index in [1.807, 2.05) is 12.1 Å². The van der Waals surface area contributed by atoms with Crippen LogP contribution in [-0.4, -0.2) is 30.1 Å². The van der Waals surface area contributed by atoms with Crippen LogP contribution in [0.3, 0.4) is 0 Å². The third-order valence-electron chi connectivity index (χ3n) is 4.09. The van der Waals surface area contributed by atoms with E-state index in [1.165, 1.54) is 18.4 Å². The van der Waals surface area contributed by atoms with Gasteiger partial charge in [0, 0.05) is 31.7 Å². The number of rotatable bonds is 5. The third-order valence-corrected chi connectivity index (χ3v) is 4.70. The van der Waals surface area contributed by atoms with E-state index in [9.17, 15) is 4.39 Å². The van der Waals surface area contributed by atoms with Crippen LogP contribution in [0.15, 0.2) is 22.7 Å². The highest BCUT2D eigenvalue weighted by Crippen LogP contribution is 2.21. The van der Waals surface area contributed by atoms with Crippen molar-refractivity contribution in [3.63, 3.8) is 0 Å². The quantitative estimate of drug-likeness (QED) is 0.871. The molecule has 0 spiro atoms. The maximum Gasteiger partial charge on any atom is 0.137 e. The highest BCUT2D eigenvalue weighted by molar-refractivity contribution is 9.10. The zero-order valence-electron chi connectivity index (χ0n) is 12.3. The van der Waals surface area contributed by atoms with Crippen LogP contribution in [0.25, 0.3) is 0 Å². The van der Waals surface area contributed by atoms with Crippen molar-refractivity contribution in [2.45, 2.75) is 51.7 Å². The van der Waals surface area contributed by atoms with Gasteiger partial charge in [0.05, 0.1) is 4.47 Å². The van der Waals surface area contributed by atoms with Crippen molar-refractivity contribution in [3.05, 3.63) is 34.1 Å². The van der Waals surface area contributed by atoms with Crippen molar-refractivity contribution < 1.29 is 4.39 Å². The van der Waals surface area contributed by atoms with Crippen molar-refractivity contribution >= 4 is 15.9 Å². The minimum absolute atomic E-state index is 0.190. The molecule has 0 aromatic heterocycles. The van der Waals surface area contributed by atoms with Crippen molar-refractivity contribution in [2.75, 3.05) is 13.1 Å². The Hall–Kier alpha value is -0.450. The minimum atomic E-state index is -0.190. The maximum absolute atomic E-state index is 13.3. The fourth-order valence-corrected chi connectivity index (χ4v) is 3.37. The van der Waals surface area contributed by atoms with Crippen LogP contribution in [0, 0.1) is 5.82 Å². The third kappa shape index (κ3) is 4.03. The first-order valence-electron chi connectivity index (χ1n) is 7.55. The molecule has 0 saturated carbocycles. The number of nitrogens with zero attached hydrogens (tertiary/aromatic N) is 1. The number of halogens is 2. The van der Waals surface area contributed by atoms with E-state index >= 15 is 0 Å². The molecule has 2 nitrogen and oxygen atoms in total. The van der Waals surface area contributed by atoms with Gasteiger partial charge >= 0.3 is 0 Å². The lowest BCUT2D eigenvalue weighted by atomic mass is 10.0. The van der Waals surface area contributed by atoms with E-state index in [-0.39, 0.29) is 5.82 Å². The lowest BCUT2D eigenvalue weighted by molar-refractivity contribution is 0.115. The van der Waals surface area contributed by atoms with E-state index < -0.39 is 0 Å². The summed E-state index contributed by atoms with van der Waals surface area (Å²) in [6, 6.07) is 6.51. The highest BCUT2D eigenvalue weighted by atomic mass is 79.9. The van der Waals surface area contributed by atoms with Gasteiger partial charge in [0.1, 0.15) is 5.82 Å². The Kier molecular flexibility index (Phi) is 6.00. The second kappa shape index (κ2) is 7.53. The average Bonchev–Trinajstić information content (AvgIpc) is 2.44. The van der Waals surface area contributed by atoms with Crippen LogP contribution in [0.1, 0.15) is 38.7 Å². The second-order valence-electron chi connectivity index (χ2n) is 5.63. The SMILES string of the molecule is CCCC1CN(Cc2ccc(F)c(Br)c2)C(CC)CN1. The van der Waals surface area contributed by atoms with E-state index in [2.05, 4.69) is 40.0 Å². The lowest BCUT2D eigenvalue weighted by Gasteiger charge is -2.40. The largest absolute Gasteiger partial charge is 0.311 e. The van der Waals surface area contributed by atoms with Crippen LogP contribution in [0.5, 0.6) is 0 Å². The highest BCUT2D eigenvalue weighted by Gasteiger charge is 2.26. The summed E-state index contributed by atoms with van der Waals surface area (Å²) in [6.07, 6.45) is 3.58. The summed E-state index contributed by atoms with van der Waals surface area (Å²) in [5.74, 6) is -0.190. The first kappa shape index (κ1) is 15.9.